The zero-order valence-electron chi connectivity index (χ0n) is 22.5. The van der Waals surface area contributed by atoms with Crippen LogP contribution in [0.3, 0.4) is 0 Å². The van der Waals surface area contributed by atoms with Crippen molar-refractivity contribution >= 4 is 39.8 Å². The maximum atomic E-state index is 12.0. The molecule has 11 nitrogen and oxygen atoms in total. The Morgan fingerprint density at radius 2 is 2.00 bits per heavy atom. The number of aryl methyl sites for hydroxylation is 1. The minimum Gasteiger partial charge on any atom is -0.494 e. The zero-order chi connectivity index (χ0) is 28.1. The van der Waals surface area contributed by atoms with Crippen LogP contribution in [0.5, 0.6) is 11.5 Å². The second kappa shape index (κ2) is 12.3. The maximum Gasteiger partial charge on any atom is 0.313 e. The number of nitro groups is 1. The van der Waals surface area contributed by atoms with E-state index in [0.717, 1.165) is 16.5 Å². The van der Waals surface area contributed by atoms with E-state index in [1.165, 1.54) is 25.4 Å². The number of anilines is 2. The van der Waals surface area contributed by atoms with Crippen molar-refractivity contribution in [1.29, 1.82) is 0 Å². The third-order valence-corrected chi connectivity index (χ3v) is 6.27. The molecule has 1 N–H and O–H groups in total. The molecule has 0 aliphatic carbocycles. The van der Waals surface area contributed by atoms with Crippen LogP contribution in [0.15, 0.2) is 48.8 Å². The van der Waals surface area contributed by atoms with Crippen molar-refractivity contribution in [3.05, 3.63) is 63.9 Å². The van der Waals surface area contributed by atoms with E-state index in [-0.39, 0.29) is 24.0 Å². The Morgan fingerprint density at radius 3 is 2.69 bits per heavy atom. The van der Waals surface area contributed by atoms with Gasteiger partial charge < -0.3 is 29.0 Å². The average Bonchev–Trinajstić information content (AvgIpc) is 3.24. The van der Waals surface area contributed by atoms with Gasteiger partial charge in [-0.05, 0) is 27.1 Å². The Hall–Kier alpha value is -3.93. The van der Waals surface area contributed by atoms with Crippen LogP contribution in [0, 0.1) is 10.1 Å². The summed E-state index contributed by atoms with van der Waals surface area (Å²) in [4.78, 5) is 22.4. The van der Waals surface area contributed by atoms with Gasteiger partial charge in [-0.15, -0.1) is 0 Å². The van der Waals surface area contributed by atoms with Crippen molar-refractivity contribution in [2.75, 3.05) is 46.3 Å². The Morgan fingerprint density at radius 1 is 1.23 bits per heavy atom. The number of ether oxygens (including phenoxy) is 3. The van der Waals surface area contributed by atoms with E-state index in [2.05, 4.69) is 15.3 Å². The molecule has 1 atom stereocenters. The standard InChI is InChI=1S/C27H31ClN6O5/c1-6-38-16-17(14-32(2)3)39-25-12-24(37-5)21(11-23(25)34(35)36)30-27-29-13-20(28)26(31-27)19-15-33(4)22-10-8-7-9-18(19)22/h7-13,15,17H,6,14,16H2,1-5H3,(H,29,30,31)/t17-/m1/s1. The van der Waals surface area contributed by atoms with E-state index in [1.54, 1.807) is 0 Å². The number of para-hydroxylation sites is 1. The van der Waals surface area contributed by atoms with Crippen LogP contribution in [0.4, 0.5) is 17.3 Å². The molecular formula is C27H31ClN6O5. The van der Waals surface area contributed by atoms with Gasteiger partial charge in [-0.3, -0.25) is 10.1 Å². The summed E-state index contributed by atoms with van der Waals surface area (Å²) in [7, 11) is 7.20. The highest BCUT2D eigenvalue weighted by molar-refractivity contribution is 6.33. The molecule has 0 saturated carbocycles. The molecule has 0 unspecified atom stereocenters. The van der Waals surface area contributed by atoms with E-state index in [1.807, 2.05) is 68.0 Å². The molecule has 2 aromatic heterocycles. The van der Waals surface area contributed by atoms with Crippen LogP contribution in [0.25, 0.3) is 22.2 Å². The van der Waals surface area contributed by atoms with Gasteiger partial charge in [-0.25, -0.2) is 9.97 Å². The lowest BCUT2D eigenvalue weighted by atomic mass is 10.1. The highest BCUT2D eigenvalue weighted by Gasteiger charge is 2.25. The molecule has 206 valence electrons. The highest BCUT2D eigenvalue weighted by atomic mass is 35.5. The first kappa shape index (κ1) is 28.1. The van der Waals surface area contributed by atoms with Gasteiger partial charge in [0.05, 0.1) is 41.2 Å². The lowest BCUT2D eigenvalue weighted by Gasteiger charge is -2.23. The average molecular weight is 555 g/mol. The van der Waals surface area contributed by atoms with Crippen LogP contribution in [-0.2, 0) is 11.8 Å². The number of fused-ring (bicyclic) bond motifs is 1. The molecule has 0 radical (unpaired) electrons. The summed E-state index contributed by atoms with van der Waals surface area (Å²) in [5.74, 6) is 0.591. The number of nitrogens with zero attached hydrogens (tertiary/aromatic N) is 5. The fourth-order valence-corrected chi connectivity index (χ4v) is 4.47. The second-order valence-electron chi connectivity index (χ2n) is 9.12. The highest BCUT2D eigenvalue weighted by Crippen LogP contribution is 2.40. The van der Waals surface area contributed by atoms with Gasteiger partial charge in [0.25, 0.3) is 0 Å². The smallest absolute Gasteiger partial charge is 0.313 e. The van der Waals surface area contributed by atoms with E-state index in [4.69, 9.17) is 25.8 Å². The molecule has 0 amide bonds. The SMILES string of the molecule is CCOC[C@@H](CN(C)C)Oc1cc(OC)c(Nc2ncc(Cl)c(-c3cn(C)c4ccccc34)n2)cc1[N+](=O)[O-]. The van der Waals surface area contributed by atoms with Crippen molar-refractivity contribution in [3.8, 4) is 22.8 Å². The molecule has 2 aromatic carbocycles. The van der Waals surface area contributed by atoms with E-state index >= 15 is 0 Å². The van der Waals surface area contributed by atoms with Crippen molar-refractivity contribution in [2.24, 2.45) is 7.05 Å². The fourth-order valence-electron chi connectivity index (χ4n) is 4.28. The number of halogens is 1. The minimum absolute atomic E-state index is 0.0717. The number of nitrogens with one attached hydrogen (secondary N) is 1. The molecule has 4 rings (SSSR count). The molecular weight excluding hydrogens is 524 g/mol. The van der Waals surface area contributed by atoms with Crippen molar-refractivity contribution in [2.45, 2.75) is 13.0 Å². The summed E-state index contributed by atoms with van der Waals surface area (Å²) in [6.07, 6.45) is 3.02. The quantitative estimate of drug-likeness (QED) is 0.184. The lowest BCUT2D eigenvalue weighted by Crippen LogP contribution is -2.34. The predicted octanol–water partition coefficient (Wildman–Crippen LogP) is 5.29. The Labute approximate surface area is 231 Å². The first-order chi connectivity index (χ1) is 18.7. The Kier molecular flexibility index (Phi) is 8.85. The number of hydrogen-bond acceptors (Lipinski definition) is 9. The van der Waals surface area contributed by atoms with E-state index in [0.29, 0.717) is 35.3 Å². The Balaban J connectivity index is 1.70. The van der Waals surface area contributed by atoms with Crippen LogP contribution < -0.4 is 14.8 Å². The molecule has 2 heterocycles. The second-order valence-corrected chi connectivity index (χ2v) is 9.53. The summed E-state index contributed by atoms with van der Waals surface area (Å²) < 4.78 is 19.1. The molecule has 0 aliphatic heterocycles. The molecule has 12 heteroatoms. The van der Waals surface area contributed by atoms with Crippen LogP contribution in [0.2, 0.25) is 5.02 Å². The molecule has 0 fully saturated rings. The van der Waals surface area contributed by atoms with Crippen molar-refractivity contribution < 1.29 is 19.1 Å². The third-order valence-electron chi connectivity index (χ3n) is 5.99. The van der Waals surface area contributed by atoms with E-state index in [9.17, 15) is 10.1 Å². The Bertz CT molecular complexity index is 1470. The summed E-state index contributed by atoms with van der Waals surface area (Å²) in [5, 5.41) is 16.4. The van der Waals surface area contributed by atoms with Gasteiger partial charge in [-0.1, -0.05) is 29.8 Å². The number of hydrogen-bond donors (Lipinski definition) is 1. The number of rotatable bonds is 12. The summed E-state index contributed by atoms with van der Waals surface area (Å²) in [5.41, 5.74) is 2.47. The van der Waals surface area contributed by atoms with Gasteiger partial charge in [0.15, 0.2) is 0 Å². The van der Waals surface area contributed by atoms with Gasteiger partial charge in [0, 0.05) is 55.0 Å². The maximum absolute atomic E-state index is 12.0. The number of nitro benzene ring substituents is 1. The summed E-state index contributed by atoms with van der Waals surface area (Å²) in [6.45, 7) is 3.17. The van der Waals surface area contributed by atoms with Crippen molar-refractivity contribution in [1.82, 2.24) is 19.4 Å². The molecule has 0 spiro atoms. The lowest BCUT2D eigenvalue weighted by molar-refractivity contribution is -0.386. The van der Waals surface area contributed by atoms with E-state index < -0.39 is 11.0 Å². The van der Waals surface area contributed by atoms with Crippen LogP contribution in [0.1, 0.15) is 6.92 Å². The summed E-state index contributed by atoms with van der Waals surface area (Å²) in [6, 6.07) is 10.8. The normalized spacial score (nSPS) is 12.1. The third kappa shape index (κ3) is 6.39. The monoisotopic (exact) mass is 554 g/mol. The van der Waals surface area contributed by atoms with Crippen molar-refractivity contribution in [3.63, 3.8) is 0 Å². The van der Waals surface area contributed by atoms with Gasteiger partial charge in [0.1, 0.15) is 11.9 Å². The van der Waals surface area contributed by atoms with Gasteiger partial charge >= 0.3 is 5.69 Å². The number of methoxy groups -OCH3 is 1. The number of likely N-dealkylation sites (N-methyl/N-ethyl adjacent to an activating group) is 1. The first-order valence-corrected chi connectivity index (χ1v) is 12.7. The number of aromatic nitrogens is 3. The molecule has 0 saturated heterocycles. The summed E-state index contributed by atoms with van der Waals surface area (Å²) >= 11 is 6.50. The first-order valence-electron chi connectivity index (χ1n) is 12.3. The van der Waals surface area contributed by atoms with Gasteiger partial charge in [-0.2, -0.15) is 0 Å². The molecule has 4 aromatic rings. The fraction of sp³-hybridized carbons (Fsp3) is 0.333. The van der Waals surface area contributed by atoms with Crippen LogP contribution in [-0.4, -0.2) is 71.4 Å². The predicted molar refractivity (Wildman–Crippen MR) is 151 cm³/mol. The minimum atomic E-state index is -0.502. The molecule has 39 heavy (non-hydrogen) atoms. The van der Waals surface area contributed by atoms with Gasteiger partial charge in [0.2, 0.25) is 11.7 Å². The zero-order valence-corrected chi connectivity index (χ0v) is 23.2. The largest absolute Gasteiger partial charge is 0.494 e. The topological polar surface area (TPSA) is 117 Å². The van der Waals surface area contributed by atoms with Crippen LogP contribution >= 0.6 is 11.6 Å². The number of benzene rings is 2. The molecule has 0 aliphatic rings. The molecule has 0 bridgehead atoms.